The quantitative estimate of drug-likeness (QED) is 0.707. The van der Waals surface area contributed by atoms with E-state index in [-0.39, 0.29) is 10.6 Å². The lowest BCUT2D eigenvalue weighted by Gasteiger charge is -2.32. The van der Waals surface area contributed by atoms with E-state index in [1.165, 1.54) is 6.07 Å². The number of amides is 1. The highest BCUT2D eigenvalue weighted by atomic mass is 19.4. The van der Waals surface area contributed by atoms with E-state index in [0.29, 0.717) is 28.7 Å². The average Bonchev–Trinajstić information content (AvgIpc) is 3.29. The molecule has 10 heteroatoms. The van der Waals surface area contributed by atoms with Gasteiger partial charge in [0.1, 0.15) is 0 Å². The van der Waals surface area contributed by atoms with Crippen LogP contribution in [0.2, 0.25) is 0 Å². The van der Waals surface area contributed by atoms with Crippen LogP contribution in [0.15, 0.2) is 41.6 Å². The number of nitrogens with zero attached hydrogens (tertiary/aromatic N) is 5. The van der Waals surface area contributed by atoms with E-state index in [9.17, 15) is 23.1 Å². The number of aromatic nitrogens is 3. The Balaban J connectivity index is 1.89. The number of fused-ring (bicyclic) bond motifs is 1. The Hall–Kier alpha value is -3.27. The Morgan fingerprint density at radius 2 is 2.03 bits per heavy atom. The molecule has 0 saturated carbocycles. The summed E-state index contributed by atoms with van der Waals surface area (Å²) in [6, 6.07) is 8.05. The molecule has 3 aromatic rings. The highest BCUT2D eigenvalue weighted by Crippen LogP contribution is 2.40. The van der Waals surface area contributed by atoms with Gasteiger partial charge in [-0.15, -0.1) is 0 Å². The molecule has 3 heterocycles. The highest BCUT2D eigenvalue weighted by Gasteiger charge is 2.61. The third kappa shape index (κ3) is 2.95. The van der Waals surface area contributed by atoms with Crippen LogP contribution in [0, 0.1) is 6.92 Å². The Morgan fingerprint density at radius 1 is 1.30 bits per heavy atom. The zero-order valence-corrected chi connectivity index (χ0v) is 16.2. The molecule has 0 spiro atoms. The summed E-state index contributed by atoms with van der Waals surface area (Å²) < 4.78 is 42.2. The standard InChI is InChI=1S/C20H18F3N5O2/c1-3-27-12(2)15(11-25-27)17-10-14(13-6-4-5-7-16(13)26-17)18(29)28-19(30,8-9-24-28)20(21,22)23/h4-7,9-11,30H,3,8H2,1-2H3/t19-/m1/s1. The molecule has 1 aliphatic heterocycles. The minimum absolute atomic E-state index is 0.0408. The zero-order chi connectivity index (χ0) is 21.7. The van der Waals surface area contributed by atoms with E-state index in [1.54, 1.807) is 35.1 Å². The summed E-state index contributed by atoms with van der Waals surface area (Å²) in [6.45, 7) is 4.40. The summed E-state index contributed by atoms with van der Waals surface area (Å²) in [7, 11) is 0. The van der Waals surface area contributed by atoms with Gasteiger partial charge in [0.05, 0.1) is 23.0 Å². The molecule has 0 radical (unpaired) electrons. The van der Waals surface area contributed by atoms with Gasteiger partial charge in [0.15, 0.2) is 0 Å². The molecule has 7 nitrogen and oxygen atoms in total. The van der Waals surface area contributed by atoms with Crippen molar-refractivity contribution in [3.63, 3.8) is 0 Å². The fourth-order valence-corrected chi connectivity index (χ4v) is 3.51. The molecular weight excluding hydrogens is 399 g/mol. The molecule has 1 atom stereocenters. The van der Waals surface area contributed by atoms with E-state index in [2.05, 4.69) is 15.2 Å². The van der Waals surface area contributed by atoms with Gasteiger partial charge in [-0.05, 0) is 26.0 Å². The third-order valence-corrected chi connectivity index (χ3v) is 5.20. The third-order valence-electron chi connectivity index (χ3n) is 5.20. The Kier molecular flexibility index (Phi) is 4.61. The van der Waals surface area contributed by atoms with Crippen molar-refractivity contribution < 1.29 is 23.1 Å². The van der Waals surface area contributed by atoms with Gasteiger partial charge in [-0.1, -0.05) is 18.2 Å². The Bertz CT molecular complexity index is 1170. The normalized spacial score (nSPS) is 19.1. The lowest BCUT2D eigenvalue weighted by Crippen LogP contribution is -2.56. The predicted octanol–water partition coefficient (Wildman–Crippen LogP) is 3.51. The summed E-state index contributed by atoms with van der Waals surface area (Å²) >= 11 is 0. The van der Waals surface area contributed by atoms with Crippen LogP contribution >= 0.6 is 0 Å². The van der Waals surface area contributed by atoms with Crippen LogP contribution in [-0.4, -0.2) is 48.9 Å². The molecule has 4 rings (SSSR count). The minimum Gasteiger partial charge on any atom is -0.362 e. The maximum atomic E-state index is 13.5. The summed E-state index contributed by atoms with van der Waals surface area (Å²) in [5.74, 6) is -1.07. The number of alkyl halides is 3. The second kappa shape index (κ2) is 6.91. The van der Waals surface area contributed by atoms with E-state index in [0.717, 1.165) is 11.9 Å². The molecule has 2 aromatic heterocycles. The lowest BCUT2D eigenvalue weighted by molar-refractivity contribution is -0.297. The van der Waals surface area contributed by atoms with Gasteiger partial charge >= 0.3 is 6.18 Å². The molecule has 0 bridgehead atoms. The number of hydrogen-bond donors (Lipinski definition) is 1. The number of carbonyl (C=O) groups excluding carboxylic acids is 1. The fourth-order valence-electron chi connectivity index (χ4n) is 3.51. The first-order chi connectivity index (χ1) is 14.2. The van der Waals surface area contributed by atoms with Gasteiger partial charge in [0, 0.05) is 35.8 Å². The number of rotatable bonds is 3. The topological polar surface area (TPSA) is 83.6 Å². The first kappa shape index (κ1) is 20.0. The number of hydrazone groups is 1. The first-order valence-electron chi connectivity index (χ1n) is 9.26. The summed E-state index contributed by atoms with van der Waals surface area (Å²) in [5, 5.41) is 18.4. The second-order valence-corrected chi connectivity index (χ2v) is 6.97. The zero-order valence-electron chi connectivity index (χ0n) is 16.2. The molecule has 1 amide bonds. The molecule has 0 fully saturated rings. The molecule has 0 saturated heterocycles. The second-order valence-electron chi connectivity index (χ2n) is 6.97. The van der Waals surface area contributed by atoms with Crippen LogP contribution in [-0.2, 0) is 6.54 Å². The summed E-state index contributed by atoms with van der Waals surface area (Å²) in [4.78, 5) is 17.7. The van der Waals surface area contributed by atoms with E-state index >= 15 is 0 Å². The van der Waals surface area contributed by atoms with Crippen molar-refractivity contribution in [2.24, 2.45) is 5.10 Å². The number of benzene rings is 1. The van der Waals surface area contributed by atoms with Crippen molar-refractivity contribution in [1.29, 1.82) is 0 Å². The fraction of sp³-hybridized carbons (Fsp3) is 0.300. The number of aliphatic hydroxyl groups is 1. The Morgan fingerprint density at radius 3 is 2.70 bits per heavy atom. The molecular formula is C20H18F3N5O2. The maximum absolute atomic E-state index is 13.5. The molecule has 1 aromatic carbocycles. The van der Waals surface area contributed by atoms with Gasteiger partial charge in [0.25, 0.3) is 11.6 Å². The van der Waals surface area contributed by atoms with Gasteiger partial charge in [-0.3, -0.25) is 9.48 Å². The number of hydrogen-bond acceptors (Lipinski definition) is 5. The number of para-hydroxylation sites is 1. The highest BCUT2D eigenvalue weighted by molar-refractivity contribution is 6.07. The number of pyridine rings is 1. The average molecular weight is 417 g/mol. The minimum atomic E-state index is -5.07. The van der Waals surface area contributed by atoms with Crippen LogP contribution in [0.3, 0.4) is 0 Å². The van der Waals surface area contributed by atoms with E-state index < -0.39 is 24.2 Å². The van der Waals surface area contributed by atoms with Gasteiger partial charge in [0.2, 0.25) is 0 Å². The summed E-state index contributed by atoms with van der Waals surface area (Å²) in [6.07, 6.45) is -3.42. The molecule has 30 heavy (non-hydrogen) atoms. The molecule has 1 N–H and O–H groups in total. The largest absolute Gasteiger partial charge is 0.438 e. The number of halogens is 3. The Labute approximate surface area is 169 Å². The van der Waals surface area contributed by atoms with Crippen molar-refractivity contribution in [2.45, 2.75) is 38.7 Å². The van der Waals surface area contributed by atoms with Gasteiger partial charge in [-0.2, -0.15) is 28.4 Å². The van der Waals surface area contributed by atoms with Gasteiger partial charge < -0.3 is 5.11 Å². The first-order valence-corrected chi connectivity index (χ1v) is 9.26. The van der Waals surface area contributed by atoms with E-state index in [4.69, 9.17) is 0 Å². The van der Waals surface area contributed by atoms with Crippen LogP contribution in [0.4, 0.5) is 13.2 Å². The number of carbonyl (C=O) groups is 1. The SMILES string of the molecule is CCn1ncc(-c2cc(C(=O)N3N=CC[C@@]3(O)C(F)(F)F)c3ccccc3n2)c1C. The van der Waals surface area contributed by atoms with Crippen molar-refractivity contribution in [2.75, 3.05) is 0 Å². The molecule has 1 aliphatic rings. The van der Waals surface area contributed by atoms with Crippen molar-refractivity contribution in [1.82, 2.24) is 19.8 Å². The van der Waals surface area contributed by atoms with Crippen LogP contribution in [0.25, 0.3) is 22.2 Å². The maximum Gasteiger partial charge on any atom is 0.438 e. The smallest absolute Gasteiger partial charge is 0.362 e. The monoisotopic (exact) mass is 417 g/mol. The number of aryl methyl sites for hydroxylation is 1. The predicted molar refractivity (Wildman–Crippen MR) is 104 cm³/mol. The van der Waals surface area contributed by atoms with Gasteiger partial charge in [-0.25, -0.2) is 4.98 Å². The molecule has 0 unspecified atom stereocenters. The van der Waals surface area contributed by atoms with Crippen LogP contribution < -0.4 is 0 Å². The van der Waals surface area contributed by atoms with Crippen LogP contribution in [0.1, 0.15) is 29.4 Å². The van der Waals surface area contributed by atoms with Crippen molar-refractivity contribution >= 4 is 23.0 Å². The van der Waals surface area contributed by atoms with Crippen molar-refractivity contribution in [3.8, 4) is 11.3 Å². The lowest BCUT2D eigenvalue weighted by atomic mass is 10.0. The molecule has 156 valence electrons. The van der Waals surface area contributed by atoms with E-state index in [1.807, 2.05) is 13.8 Å². The van der Waals surface area contributed by atoms with Crippen molar-refractivity contribution in [3.05, 3.63) is 47.8 Å². The van der Waals surface area contributed by atoms with Crippen LogP contribution in [0.5, 0.6) is 0 Å². The summed E-state index contributed by atoms with van der Waals surface area (Å²) in [5.41, 5.74) is -1.13. The molecule has 0 aliphatic carbocycles.